The number of hydrogen-bond donors (Lipinski definition) is 2. The van der Waals surface area contributed by atoms with Gasteiger partial charge in [-0.1, -0.05) is 12.1 Å². The van der Waals surface area contributed by atoms with Gasteiger partial charge < -0.3 is 11.1 Å². The van der Waals surface area contributed by atoms with Crippen molar-refractivity contribution in [1.82, 2.24) is 5.32 Å². The molecular weight excluding hydrogens is 182 g/mol. The number of nitro groups is 1. The Bertz CT molecular complexity index is 297. The lowest BCUT2D eigenvalue weighted by molar-refractivity contribution is -0.384. The van der Waals surface area contributed by atoms with E-state index in [1.165, 1.54) is 12.1 Å². The van der Waals surface area contributed by atoms with Gasteiger partial charge >= 0.3 is 0 Å². The first kappa shape index (κ1) is 10.6. The van der Waals surface area contributed by atoms with Gasteiger partial charge in [-0.25, -0.2) is 0 Å². The number of nitrogens with two attached hydrogens (primary N) is 1. The second-order valence-corrected chi connectivity index (χ2v) is 2.89. The molecule has 0 aliphatic carbocycles. The van der Waals surface area contributed by atoms with E-state index in [1.807, 2.05) is 0 Å². The third-order valence-electron chi connectivity index (χ3n) is 1.80. The van der Waals surface area contributed by atoms with Gasteiger partial charge in [-0.15, -0.1) is 0 Å². The molecule has 0 unspecified atom stereocenters. The Kier molecular flexibility index (Phi) is 4.03. The number of nitro benzene ring substituents is 1. The average molecular weight is 195 g/mol. The summed E-state index contributed by atoms with van der Waals surface area (Å²) < 4.78 is 0. The van der Waals surface area contributed by atoms with Crippen LogP contribution in [0.5, 0.6) is 0 Å². The van der Waals surface area contributed by atoms with Gasteiger partial charge in [0.25, 0.3) is 5.69 Å². The lowest BCUT2D eigenvalue weighted by Crippen LogP contribution is -2.21. The number of rotatable bonds is 5. The molecule has 0 heterocycles. The number of benzene rings is 1. The number of nitrogens with zero attached hydrogens (tertiary/aromatic N) is 1. The standard InChI is InChI=1S/C9H13N3O2/c10-5-6-11-7-8-1-3-9(4-2-8)12(13)14/h1-4,11H,5-7,10H2. The van der Waals surface area contributed by atoms with Gasteiger partial charge in [0.2, 0.25) is 0 Å². The van der Waals surface area contributed by atoms with E-state index >= 15 is 0 Å². The van der Waals surface area contributed by atoms with Gasteiger partial charge in [-0.3, -0.25) is 10.1 Å². The highest BCUT2D eigenvalue weighted by Crippen LogP contribution is 2.11. The van der Waals surface area contributed by atoms with Crippen molar-refractivity contribution in [1.29, 1.82) is 0 Å². The fourth-order valence-electron chi connectivity index (χ4n) is 1.07. The SMILES string of the molecule is NCCNCc1ccc([N+](=O)[O-])cc1. The normalized spacial score (nSPS) is 10.1. The predicted octanol–water partition coefficient (Wildman–Crippen LogP) is 0.643. The molecule has 1 aromatic rings. The third-order valence-corrected chi connectivity index (χ3v) is 1.80. The van der Waals surface area contributed by atoms with E-state index < -0.39 is 4.92 Å². The maximum Gasteiger partial charge on any atom is 0.269 e. The summed E-state index contributed by atoms with van der Waals surface area (Å²) in [5.74, 6) is 0. The molecule has 0 amide bonds. The Morgan fingerprint density at radius 2 is 2.00 bits per heavy atom. The zero-order valence-corrected chi connectivity index (χ0v) is 7.77. The van der Waals surface area contributed by atoms with Crippen LogP contribution in [0.4, 0.5) is 5.69 Å². The number of non-ortho nitro benzene ring substituents is 1. The van der Waals surface area contributed by atoms with E-state index in [0.29, 0.717) is 13.1 Å². The molecule has 0 bridgehead atoms. The van der Waals surface area contributed by atoms with Crippen molar-refractivity contribution in [3.05, 3.63) is 39.9 Å². The Hall–Kier alpha value is -1.46. The molecule has 0 saturated carbocycles. The highest BCUT2D eigenvalue weighted by Gasteiger charge is 2.02. The molecule has 0 atom stereocenters. The van der Waals surface area contributed by atoms with E-state index in [2.05, 4.69) is 5.32 Å². The van der Waals surface area contributed by atoms with Gasteiger partial charge in [-0.05, 0) is 5.56 Å². The molecule has 0 spiro atoms. The van der Waals surface area contributed by atoms with Crippen LogP contribution in [0.1, 0.15) is 5.56 Å². The molecule has 0 aromatic heterocycles. The molecule has 5 nitrogen and oxygen atoms in total. The van der Waals surface area contributed by atoms with Gasteiger partial charge in [0.15, 0.2) is 0 Å². The summed E-state index contributed by atoms with van der Waals surface area (Å²) in [4.78, 5) is 9.94. The van der Waals surface area contributed by atoms with Crippen LogP contribution in [0.3, 0.4) is 0 Å². The second-order valence-electron chi connectivity index (χ2n) is 2.89. The van der Waals surface area contributed by atoms with Crippen molar-refractivity contribution in [2.75, 3.05) is 13.1 Å². The second kappa shape index (κ2) is 5.31. The molecule has 0 saturated heterocycles. The minimum atomic E-state index is -0.406. The van der Waals surface area contributed by atoms with Crippen molar-refractivity contribution in [3.8, 4) is 0 Å². The highest BCUT2D eigenvalue weighted by atomic mass is 16.6. The van der Waals surface area contributed by atoms with Crippen LogP contribution in [-0.2, 0) is 6.54 Å². The van der Waals surface area contributed by atoms with Crippen molar-refractivity contribution in [2.45, 2.75) is 6.54 Å². The van der Waals surface area contributed by atoms with Crippen LogP contribution < -0.4 is 11.1 Å². The first-order valence-corrected chi connectivity index (χ1v) is 4.38. The van der Waals surface area contributed by atoms with Crippen molar-refractivity contribution in [2.24, 2.45) is 5.73 Å². The quantitative estimate of drug-likeness (QED) is 0.410. The van der Waals surface area contributed by atoms with Crippen LogP contribution in [0.2, 0.25) is 0 Å². The molecule has 3 N–H and O–H groups in total. The van der Waals surface area contributed by atoms with E-state index in [0.717, 1.165) is 12.1 Å². The van der Waals surface area contributed by atoms with E-state index in [9.17, 15) is 10.1 Å². The van der Waals surface area contributed by atoms with Gasteiger partial charge in [-0.2, -0.15) is 0 Å². The molecule has 0 fully saturated rings. The largest absolute Gasteiger partial charge is 0.329 e. The third kappa shape index (κ3) is 3.12. The monoisotopic (exact) mass is 195 g/mol. The molecule has 1 aromatic carbocycles. The molecular formula is C9H13N3O2. The van der Waals surface area contributed by atoms with Gasteiger partial charge in [0.05, 0.1) is 4.92 Å². The first-order valence-electron chi connectivity index (χ1n) is 4.38. The summed E-state index contributed by atoms with van der Waals surface area (Å²) >= 11 is 0. The average Bonchev–Trinajstić information content (AvgIpc) is 2.19. The van der Waals surface area contributed by atoms with Gasteiger partial charge in [0.1, 0.15) is 0 Å². The number of hydrogen-bond acceptors (Lipinski definition) is 4. The summed E-state index contributed by atoms with van der Waals surface area (Å²) in [5, 5.41) is 13.5. The van der Waals surface area contributed by atoms with Crippen LogP contribution in [0.15, 0.2) is 24.3 Å². The zero-order valence-electron chi connectivity index (χ0n) is 7.77. The summed E-state index contributed by atoms with van der Waals surface area (Å²) in [6, 6.07) is 6.47. The fourth-order valence-corrected chi connectivity index (χ4v) is 1.07. The molecule has 14 heavy (non-hydrogen) atoms. The summed E-state index contributed by atoms with van der Waals surface area (Å²) in [6.07, 6.45) is 0. The predicted molar refractivity (Wildman–Crippen MR) is 53.9 cm³/mol. The molecule has 0 aliphatic rings. The van der Waals surface area contributed by atoms with Crippen molar-refractivity contribution < 1.29 is 4.92 Å². The summed E-state index contributed by atoms with van der Waals surface area (Å²) in [5.41, 5.74) is 6.44. The zero-order chi connectivity index (χ0) is 10.4. The maximum atomic E-state index is 10.3. The van der Waals surface area contributed by atoms with Crippen LogP contribution in [-0.4, -0.2) is 18.0 Å². The lowest BCUT2D eigenvalue weighted by Gasteiger charge is -2.02. The first-order chi connectivity index (χ1) is 6.74. The molecule has 76 valence electrons. The minimum absolute atomic E-state index is 0.118. The number of nitrogens with one attached hydrogen (secondary N) is 1. The van der Waals surface area contributed by atoms with E-state index in [4.69, 9.17) is 5.73 Å². The van der Waals surface area contributed by atoms with Crippen LogP contribution in [0.25, 0.3) is 0 Å². The van der Waals surface area contributed by atoms with Crippen LogP contribution in [0, 0.1) is 10.1 Å². The Morgan fingerprint density at radius 1 is 1.36 bits per heavy atom. The van der Waals surface area contributed by atoms with Crippen LogP contribution >= 0.6 is 0 Å². The van der Waals surface area contributed by atoms with Crippen molar-refractivity contribution in [3.63, 3.8) is 0 Å². The summed E-state index contributed by atoms with van der Waals surface area (Å²) in [6.45, 7) is 2.03. The Morgan fingerprint density at radius 3 is 2.50 bits per heavy atom. The van der Waals surface area contributed by atoms with E-state index in [1.54, 1.807) is 12.1 Å². The molecule has 0 radical (unpaired) electrons. The molecule has 1 rings (SSSR count). The highest BCUT2D eigenvalue weighted by molar-refractivity contribution is 5.32. The molecule has 0 aliphatic heterocycles. The minimum Gasteiger partial charge on any atom is -0.329 e. The Labute approximate surface area is 82.1 Å². The maximum absolute atomic E-state index is 10.3. The topological polar surface area (TPSA) is 81.2 Å². The van der Waals surface area contributed by atoms with E-state index in [-0.39, 0.29) is 5.69 Å². The molecule has 5 heteroatoms. The van der Waals surface area contributed by atoms with Crippen molar-refractivity contribution >= 4 is 5.69 Å². The van der Waals surface area contributed by atoms with Gasteiger partial charge in [0, 0.05) is 31.8 Å². The lowest BCUT2D eigenvalue weighted by atomic mass is 10.2. The Balaban J connectivity index is 2.51. The fraction of sp³-hybridized carbons (Fsp3) is 0.333. The smallest absolute Gasteiger partial charge is 0.269 e. The summed E-state index contributed by atoms with van der Waals surface area (Å²) in [7, 11) is 0.